The Labute approximate surface area is 122 Å². The molecule has 108 valence electrons. The second-order valence-electron chi connectivity index (χ2n) is 4.36. The van der Waals surface area contributed by atoms with Crippen molar-refractivity contribution in [2.45, 2.75) is 12.8 Å². The Morgan fingerprint density at radius 2 is 2.20 bits per heavy atom. The van der Waals surface area contributed by atoms with Crippen molar-refractivity contribution in [1.29, 1.82) is 0 Å². The molecule has 1 aromatic heterocycles. The first-order valence-corrected chi connectivity index (χ1v) is 7.39. The van der Waals surface area contributed by atoms with Gasteiger partial charge in [-0.15, -0.1) is 10.2 Å². The summed E-state index contributed by atoms with van der Waals surface area (Å²) in [5.41, 5.74) is 0.784. The van der Waals surface area contributed by atoms with Crippen LogP contribution in [0.3, 0.4) is 0 Å². The molecule has 0 bridgehead atoms. The minimum Gasteiger partial charge on any atom is -0.383 e. The fraction of sp³-hybridized carbons (Fsp3) is 0.429. The lowest BCUT2D eigenvalue weighted by molar-refractivity contribution is 0.199. The third kappa shape index (κ3) is 4.63. The van der Waals surface area contributed by atoms with Crippen LogP contribution in [0.15, 0.2) is 24.3 Å². The molecule has 0 amide bonds. The predicted octanol–water partition coefficient (Wildman–Crippen LogP) is 2.51. The van der Waals surface area contributed by atoms with E-state index >= 15 is 0 Å². The molecule has 0 spiro atoms. The number of halogens is 1. The van der Waals surface area contributed by atoms with E-state index in [0.717, 1.165) is 48.1 Å². The zero-order chi connectivity index (χ0) is 14.2. The van der Waals surface area contributed by atoms with Crippen LogP contribution in [-0.2, 0) is 11.2 Å². The monoisotopic (exact) mass is 295 g/mol. The standard InChI is InChI=1S/C14H18FN3OS/c1-19-9-8-16-7-3-6-13-17-18-14(20-13)11-4-2-5-12(15)10-11/h2,4-5,10,16H,3,6-9H2,1H3. The van der Waals surface area contributed by atoms with Crippen LogP contribution in [0.1, 0.15) is 11.4 Å². The Hall–Kier alpha value is -1.37. The van der Waals surface area contributed by atoms with Crippen LogP contribution in [0.2, 0.25) is 0 Å². The summed E-state index contributed by atoms with van der Waals surface area (Å²) in [4.78, 5) is 0. The molecule has 0 atom stereocenters. The summed E-state index contributed by atoms with van der Waals surface area (Å²) >= 11 is 1.52. The van der Waals surface area contributed by atoms with Gasteiger partial charge in [0.2, 0.25) is 0 Å². The number of ether oxygens (including phenoxy) is 1. The maximum atomic E-state index is 13.1. The van der Waals surface area contributed by atoms with Gasteiger partial charge < -0.3 is 10.1 Å². The molecule has 1 heterocycles. The Balaban J connectivity index is 1.80. The molecule has 0 saturated carbocycles. The molecule has 0 aliphatic heterocycles. The van der Waals surface area contributed by atoms with Crippen molar-refractivity contribution >= 4 is 11.3 Å². The molecule has 0 unspecified atom stereocenters. The van der Waals surface area contributed by atoms with Gasteiger partial charge in [-0.3, -0.25) is 0 Å². The van der Waals surface area contributed by atoms with Gasteiger partial charge in [0.1, 0.15) is 15.8 Å². The molecule has 0 aliphatic rings. The van der Waals surface area contributed by atoms with Crippen LogP contribution in [0, 0.1) is 5.82 Å². The molecule has 2 rings (SSSR count). The van der Waals surface area contributed by atoms with E-state index in [1.807, 2.05) is 6.07 Å². The highest BCUT2D eigenvalue weighted by Crippen LogP contribution is 2.24. The molecule has 4 nitrogen and oxygen atoms in total. The molecule has 20 heavy (non-hydrogen) atoms. The lowest BCUT2D eigenvalue weighted by Crippen LogP contribution is -2.20. The normalized spacial score (nSPS) is 10.9. The zero-order valence-corrected chi connectivity index (χ0v) is 12.3. The lowest BCUT2D eigenvalue weighted by atomic mass is 10.2. The number of benzene rings is 1. The fourth-order valence-electron chi connectivity index (χ4n) is 1.76. The van der Waals surface area contributed by atoms with Crippen molar-refractivity contribution in [1.82, 2.24) is 15.5 Å². The fourth-order valence-corrected chi connectivity index (χ4v) is 2.63. The summed E-state index contributed by atoms with van der Waals surface area (Å²) in [6.07, 6.45) is 1.88. The van der Waals surface area contributed by atoms with Gasteiger partial charge in [-0.1, -0.05) is 23.5 Å². The second-order valence-corrected chi connectivity index (χ2v) is 5.42. The van der Waals surface area contributed by atoms with Crippen LogP contribution in [0.4, 0.5) is 4.39 Å². The number of rotatable bonds is 8. The Morgan fingerprint density at radius 3 is 3.00 bits per heavy atom. The number of methoxy groups -OCH3 is 1. The maximum Gasteiger partial charge on any atom is 0.147 e. The van der Waals surface area contributed by atoms with Gasteiger partial charge in [0.25, 0.3) is 0 Å². The summed E-state index contributed by atoms with van der Waals surface area (Å²) in [7, 11) is 1.69. The van der Waals surface area contributed by atoms with E-state index in [2.05, 4.69) is 15.5 Å². The first-order chi connectivity index (χ1) is 9.79. The molecular weight excluding hydrogens is 277 g/mol. The number of nitrogens with one attached hydrogen (secondary N) is 1. The van der Waals surface area contributed by atoms with Crippen molar-refractivity contribution in [3.05, 3.63) is 35.1 Å². The van der Waals surface area contributed by atoms with E-state index < -0.39 is 0 Å². The van der Waals surface area contributed by atoms with Crippen molar-refractivity contribution < 1.29 is 9.13 Å². The van der Waals surface area contributed by atoms with Crippen LogP contribution in [0.25, 0.3) is 10.6 Å². The van der Waals surface area contributed by atoms with E-state index in [9.17, 15) is 4.39 Å². The van der Waals surface area contributed by atoms with Gasteiger partial charge in [-0.2, -0.15) is 0 Å². The summed E-state index contributed by atoms with van der Waals surface area (Å²) in [6, 6.07) is 6.44. The highest BCUT2D eigenvalue weighted by Gasteiger charge is 2.07. The predicted molar refractivity (Wildman–Crippen MR) is 78.4 cm³/mol. The van der Waals surface area contributed by atoms with Crippen molar-refractivity contribution in [3.63, 3.8) is 0 Å². The Bertz CT molecular complexity index is 533. The third-order valence-corrected chi connectivity index (χ3v) is 3.80. The van der Waals surface area contributed by atoms with Crippen LogP contribution < -0.4 is 5.32 Å². The number of hydrogen-bond donors (Lipinski definition) is 1. The molecule has 1 aromatic carbocycles. The maximum absolute atomic E-state index is 13.1. The van der Waals surface area contributed by atoms with Gasteiger partial charge in [0, 0.05) is 25.6 Å². The smallest absolute Gasteiger partial charge is 0.147 e. The summed E-state index contributed by atoms with van der Waals surface area (Å²) < 4.78 is 18.1. The van der Waals surface area contributed by atoms with E-state index in [0.29, 0.717) is 0 Å². The molecule has 6 heteroatoms. The summed E-state index contributed by atoms with van der Waals surface area (Å²) in [5, 5.41) is 13.3. The minimum absolute atomic E-state index is 0.249. The van der Waals surface area contributed by atoms with Gasteiger partial charge in [-0.05, 0) is 25.1 Å². The molecule has 1 N–H and O–H groups in total. The molecule has 0 aliphatic carbocycles. The van der Waals surface area contributed by atoms with E-state index in [1.165, 1.54) is 23.5 Å². The Morgan fingerprint density at radius 1 is 1.30 bits per heavy atom. The van der Waals surface area contributed by atoms with Crippen LogP contribution in [-0.4, -0.2) is 37.0 Å². The van der Waals surface area contributed by atoms with Crippen LogP contribution in [0.5, 0.6) is 0 Å². The SMILES string of the molecule is COCCNCCCc1nnc(-c2cccc(F)c2)s1. The third-order valence-electron chi connectivity index (χ3n) is 2.77. The molecule has 2 aromatic rings. The first-order valence-electron chi connectivity index (χ1n) is 6.57. The summed E-state index contributed by atoms with van der Waals surface area (Å²) in [5.74, 6) is -0.249. The van der Waals surface area contributed by atoms with Crippen molar-refractivity contribution in [2.24, 2.45) is 0 Å². The lowest BCUT2D eigenvalue weighted by Gasteiger charge is -2.01. The quantitative estimate of drug-likeness (QED) is 0.760. The number of aromatic nitrogens is 2. The highest BCUT2D eigenvalue weighted by atomic mass is 32.1. The molecule has 0 radical (unpaired) electrons. The van der Waals surface area contributed by atoms with Gasteiger partial charge in [-0.25, -0.2) is 4.39 Å². The van der Waals surface area contributed by atoms with Crippen molar-refractivity contribution in [2.75, 3.05) is 26.8 Å². The molecular formula is C14H18FN3OS. The molecule has 0 saturated heterocycles. The second kappa shape index (κ2) is 8.04. The van der Waals surface area contributed by atoms with Crippen molar-refractivity contribution in [3.8, 4) is 10.6 Å². The number of hydrogen-bond acceptors (Lipinski definition) is 5. The summed E-state index contributed by atoms with van der Waals surface area (Å²) in [6.45, 7) is 2.52. The average molecular weight is 295 g/mol. The molecule has 0 fully saturated rings. The Kier molecular flexibility index (Phi) is 6.04. The van der Waals surface area contributed by atoms with Gasteiger partial charge in [0.15, 0.2) is 0 Å². The topological polar surface area (TPSA) is 47.0 Å². The van der Waals surface area contributed by atoms with E-state index in [-0.39, 0.29) is 5.82 Å². The number of nitrogens with zero attached hydrogens (tertiary/aromatic N) is 2. The van der Waals surface area contributed by atoms with Gasteiger partial charge >= 0.3 is 0 Å². The van der Waals surface area contributed by atoms with E-state index in [4.69, 9.17) is 4.74 Å². The zero-order valence-electron chi connectivity index (χ0n) is 11.4. The largest absolute Gasteiger partial charge is 0.383 e. The first kappa shape index (κ1) is 15.0. The van der Waals surface area contributed by atoms with E-state index in [1.54, 1.807) is 13.2 Å². The minimum atomic E-state index is -0.249. The highest BCUT2D eigenvalue weighted by molar-refractivity contribution is 7.14. The van der Waals surface area contributed by atoms with Gasteiger partial charge in [0.05, 0.1) is 6.61 Å². The average Bonchev–Trinajstić information content (AvgIpc) is 2.91. The van der Waals surface area contributed by atoms with Crippen LogP contribution >= 0.6 is 11.3 Å². The number of aryl methyl sites for hydroxylation is 1.